The number of rotatable bonds is 8. The number of Topliss-reactive ketones (excluding diaryl/α,β-unsaturated/α-hetero) is 1. The summed E-state index contributed by atoms with van der Waals surface area (Å²) in [6.45, 7) is 0.981. The standard InChI is InChI=1S/C29H38N4O3/c1-31(2)29(23-9-4-3-5-10-23)16-14-27(15-17-29)21-32(20-25(34)19-24-11-6-7-18-30-24)26(35)33(27)22-28(36)12-8-13-28/h3-7,9-11,18,36H,8,12-17,19-22H2,1-2H3. The molecule has 3 fully saturated rings. The van der Waals surface area contributed by atoms with Crippen LogP contribution in [0.15, 0.2) is 54.7 Å². The van der Waals surface area contributed by atoms with Gasteiger partial charge in [0.2, 0.25) is 0 Å². The van der Waals surface area contributed by atoms with E-state index in [1.165, 1.54) is 5.56 Å². The van der Waals surface area contributed by atoms with Gasteiger partial charge in [0.15, 0.2) is 5.78 Å². The van der Waals surface area contributed by atoms with Crippen LogP contribution in [-0.2, 0) is 16.8 Å². The van der Waals surface area contributed by atoms with Crippen LogP contribution in [0.2, 0.25) is 0 Å². The van der Waals surface area contributed by atoms with Crippen molar-refractivity contribution in [3.8, 4) is 0 Å². The van der Waals surface area contributed by atoms with E-state index >= 15 is 0 Å². The third-order valence-electron chi connectivity index (χ3n) is 8.94. The molecule has 2 aromatic rings. The molecule has 7 heteroatoms. The lowest BCUT2D eigenvalue weighted by Gasteiger charge is -2.52. The highest BCUT2D eigenvalue weighted by Crippen LogP contribution is 2.50. The molecule has 0 bridgehead atoms. The third kappa shape index (κ3) is 4.55. The molecule has 0 atom stereocenters. The van der Waals surface area contributed by atoms with Crippen molar-refractivity contribution in [1.29, 1.82) is 0 Å². The van der Waals surface area contributed by atoms with E-state index in [9.17, 15) is 14.7 Å². The minimum Gasteiger partial charge on any atom is -0.388 e. The average molecular weight is 491 g/mol. The van der Waals surface area contributed by atoms with E-state index in [2.05, 4.69) is 48.2 Å². The molecule has 1 aliphatic heterocycles. The van der Waals surface area contributed by atoms with E-state index in [-0.39, 0.29) is 35.9 Å². The number of carbonyl (C=O) groups is 2. The number of nitrogens with zero attached hydrogens (tertiary/aromatic N) is 4. The van der Waals surface area contributed by atoms with Crippen LogP contribution in [0.25, 0.3) is 0 Å². The second-order valence-corrected chi connectivity index (χ2v) is 11.4. The van der Waals surface area contributed by atoms with Gasteiger partial charge < -0.3 is 14.9 Å². The summed E-state index contributed by atoms with van der Waals surface area (Å²) in [6.07, 6.45) is 7.89. The molecule has 1 saturated heterocycles. The molecule has 0 unspecified atom stereocenters. The van der Waals surface area contributed by atoms with Crippen LogP contribution in [0.4, 0.5) is 4.79 Å². The maximum absolute atomic E-state index is 13.7. The number of carbonyl (C=O) groups excluding carboxylic acids is 2. The molecule has 2 saturated carbocycles. The van der Waals surface area contributed by atoms with E-state index in [4.69, 9.17) is 0 Å². The Labute approximate surface area is 214 Å². The van der Waals surface area contributed by atoms with Crippen molar-refractivity contribution in [2.24, 2.45) is 0 Å². The summed E-state index contributed by atoms with van der Waals surface area (Å²) in [5.74, 6) is -0.0101. The summed E-state index contributed by atoms with van der Waals surface area (Å²) in [4.78, 5) is 36.9. The number of amides is 2. The van der Waals surface area contributed by atoms with Crippen LogP contribution in [0.3, 0.4) is 0 Å². The third-order valence-corrected chi connectivity index (χ3v) is 8.94. The van der Waals surface area contributed by atoms with Crippen LogP contribution in [-0.4, -0.2) is 81.5 Å². The molecule has 192 valence electrons. The van der Waals surface area contributed by atoms with E-state index in [0.29, 0.717) is 13.1 Å². The van der Waals surface area contributed by atoms with Gasteiger partial charge in [0.25, 0.3) is 0 Å². The number of ketones is 1. The Kier molecular flexibility index (Phi) is 6.64. The van der Waals surface area contributed by atoms with Crippen molar-refractivity contribution >= 4 is 11.8 Å². The fraction of sp³-hybridized carbons (Fsp3) is 0.552. The van der Waals surface area contributed by atoms with Crippen molar-refractivity contribution in [2.75, 3.05) is 33.7 Å². The molecule has 7 nitrogen and oxygen atoms in total. The topological polar surface area (TPSA) is 77.0 Å². The van der Waals surface area contributed by atoms with Gasteiger partial charge in [0, 0.05) is 24.0 Å². The lowest BCUT2D eigenvalue weighted by Crippen LogP contribution is -2.59. The fourth-order valence-corrected chi connectivity index (χ4v) is 6.55. The van der Waals surface area contributed by atoms with Crippen molar-refractivity contribution in [3.63, 3.8) is 0 Å². The summed E-state index contributed by atoms with van der Waals surface area (Å²) in [7, 11) is 4.28. The predicted octanol–water partition coefficient (Wildman–Crippen LogP) is 3.62. The second-order valence-electron chi connectivity index (χ2n) is 11.4. The Morgan fingerprint density at radius 1 is 1.00 bits per heavy atom. The Bertz CT molecular complexity index is 1080. The number of aromatic nitrogens is 1. The smallest absolute Gasteiger partial charge is 0.321 e. The van der Waals surface area contributed by atoms with E-state index in [0.717, 1.165) is 50.6 Å². The van der Waals surface area contributed by atoms with Gasteiger partial charge in [0.1, 0.15) is 0 Å². The Morgan fingerprint density at radius 3 is 2.28 bits per heavy atom. The van der Waals surface area contributed by atoms with Gasteiger partial charge in [-0.15, -0.1) is 0 Å². The Hall–Kier alpha value is -2.77. The van der Waals surface area contributed by atoms with E-state index < -0.39 is 5.60 Å². The fourth-order valence-electron chi connectivity index (χ4n) is 6.55. The predicted molar refractivity (Wildman–Crippen MR) is 138 cm³/mol. The number of pyridine rings is 1. The number of urea groups is 1. The Balaban J connectivity index is 1.37. The number of benzene rings is 1. The molecular formula is C29H38N4O3. The molecule has 1 aromatic heterocycles. The van der Waals surface area contributed by atoms with E-state index in [1.807, 2.05) is 29.2 Å². The molecule has 1 spiro atoms. The molecular weight excluding hydrogens is 452 g/mol. The summed E-state index contributed by atoms with van der Waals surface area (Å²) < 4.78 is 0. The van der Waals surface area contributed by atoms with Crippen molar-refractivity contribution < 1.29 is 14.7 Å². The van der Waals surface area contributed by atoms with Crippen LogP contribution in [0.1, 0.15) is 56.2 Å². The van der Waals surface area contributed by atoms with Crippen LogP contribution in [0.5, 0.6) is 0 Å². The van der Waals surface area contributed by atoms with Gasteiger partial charge in [-0.1, -0.05) is 36.4 Å². The van der Waals surface area contributed by atoms with Gasteiger partial charge >= 0.3 is 6.03 Å². The zero-order chi connectivity index (χ0) is 25.4. The first-order valence-corrected chi connectivity index (χ1v) is 13.2. The van der Waals surface area contributed by atoms with Gasteiger partial charge in [0.05, 0.1) is 30.7 Å². The van der Waals surface area contributed by atoms with Crippen molar-refractivity contribution in [1.82, 2.24) is 19.7 Å². The first kappa shape index (κ1) is 24.9. The first-order chi connectivity index (χ1) is 17.3. The summed E-state index contributed by atoms with van der Waals surface area (Å²) in [6, 6.07) is 16.1. The van der Waals surface area contributed by atoms with Gasteiger partial charge in [-0.3, -0.25) is 14.7 Å². The van der Waals surface area contributed by atoms with Crippen LogP contribution < -0.4 is 0 Å². The second kappa shape index (κ2) is 9.60. The minimum absolute atomic E-state index is 0.0101. The van der Waals surface area contributed by atoms with Gasteiger partial charge in [-0.2, -0.15) is 0 Å². The lowest BCUT2D eigenvalue weighted by molar-refractivity contribution is -0.119. The molecule has 0 radical (unpaired) electrons. The van der Waals surface area contributed by atoms with Crippen LogP contribution in [0, 0.1) is 0 Å². The van der Waals surface area contributed by atoms with Crippen LogP contribution >= 0.6 is 0 Å². The lowest BCUT2D eigenvalue weighted by atomic mass is 9.67. The maximum Gasteiger partial charge on any atom is 0.321 e. The molecule has 2 amide bonds. The highest BCUT2D eigenvalue weighted by molar-refractivity contribution is 5.88. The van der Waals surface area contributed by atoms with Gasteiger partial charge in [-0.25, -0.2) is 4.79 Å². The van der Waals surface area contributed by atoms with E-state index in [1.54, 1.807) is 11.1 Å². The molecule has 1 N–H and O–H groups in total. The van der Waals surface area contributed by atoms with Gasteiger partial charge in [-0.05, 0) is 76.7 Å². The molecule has 2 heterocycles. The minimum atomic E-state index is -0.799. The number of hydrogen-bond donors (Lipinski definition) is 1. The monoisotopic (exact) mass is 490 g/mol. The summed E-state index contributed by atoms with van der Waals surface area (Å²) in [5.41, 5.74) is 0.784. The Morgan fingerprint density at radius 2 is 1.69 bits per heavy atom. The zero-order valence-corrected chi connectivity index (χ0v) is 21.5. The number of β-amino-alcohol motifs (C(OH)–C–C–N with tert-alkyl or cyclic N) is 1. The normalized spacial score (nSPS) is 27.5. The molecule has 2 aliphatic carbocycles. The zero-order valence-electron chi connectivity index (χ0n) is 21.5. The highest BCUT2D eigenvalue weighted by Gasteiger charge is 2.56. The quantitative estimate of drug-likeness (QED) is 0.612. The number of hydrogen-bond acceptors (Lipinski definition) is 5. The molecule has 1 aromatic carbocycles. The molecule has 36 heavy (non-hydrogen) atoms. The first-order valence-electron chi connectivity index (χ1n) is 13.2. The SMILES string of the molecule is CN(C)C1(c2ccccc2)CCC2(CC1)CN(CC(=O)Cc1ccccn1)C(=O)N2CC1(O)CCC1. The number of aliphatic hydroxyl groups is 1. The maximum atomic E-state index is 13.7. The highest BCUT2D eigenvalue weighted by atomic mass is 16.3. The largest absolute Gasteiger partial charge is 0.388 e. The molecule has 5 rings (SSSR count). The summed E-state index contributed by atoms with van der Waals surface area (Å²) >= 11 is 0. The molecule has 3 aliphatic rings. The van der Waals surface area contributed by atoms with Crippen molar-refractivity contribution in [3.05, 3.63) is 66.0 Å². The summed E-state index contributed by atoms with van der Waals surface area (Å²) in [5, 5.41) is 11.0. The van der Waals surface area contributed by atoms with Crippen molar-refractivity contribution in [2.45, 2.75) is 68.0 Å². The average Bonchev–Trinajstić information content (AvgIpc) is 3.09.